The maximum atomic E-state index is 8.66. The molecule has 0 atom stereocenters. The zero-order valence-electron chi connectivity index (χ0n) is 14.9. The monoisotopic (exact) mass is 562 g/mol. The Balaban J connectivity index is -0.00000000360. The standard InChI is InChI=1S/C.2Na.3H3O4P.12H2O/c;;;3*1-5(2,3)4;;;;;;;;;;;;/h;;;3*(H3,1,2,3,4);12*1H2/q+4;2*+1;;;;;;;;;;;;;;;/p-6. The minimum atomic E-state index is -5.14. The van der Waals surface area contributed by atoms with Crippen molar-refractivity contribution >= 4 is 23.5 Å². The first kappa shape index (κ1) is 158. The second-order valence-corrected chi connectivity index (χ2v) is 4.22. The molecule has 192 valence electrons. The van der Waals surface area contributed by atoms with Crippen LogP contribution >= 0.6 is 23.5 Å². The molecule has 0 amide bonds. The van der Waals surface area contributed by atoms with E-state index in [-0.39, 0.29) is 132 Å². The van der Waals surface area contributed by atoms with Gasteiger partial charge < -0.3 is 123 Å². The van der Waals surface area contributed by atoms with E-state index >= 15 is 0 Å². The summed E-state index contributed by atoms with van der Waals surface area (Å²) in [4.78, 5) is 72.9. The van der Waals surface area contributed by atoms with E-state index in [1.165, 1.54) is 0 Å². The fraction of sp³-hybridized carbons (Fsp3) is 0. The molecule has 0 aliphatic rings. The number of phosphoric acid groups is 3. The van der Waals surface area contributed by atoms with Gasteiger partial charge in [-0.1, -0.05) is 0 Å². The molecule has 0 fully saturated rings. The van der Waals surface area contributed by atoms with Crippen molar-refractivity contribution in [2.75, 3.05) is 0 Å². The summed E-state index contributed by atoms with van der Waals surface area (Å²) in [6.07, 6.45) is 0. The molecule has 0 bridgehead atoms. The van der Waals surface area contributed by atoms with E-state index in [1.54, 1.807) is 0 Å². The van der Waals surface area contributed by atoms with E-state index < -0.39 is 23.5 Å². The second kappa shape index (κ2) is 69.8. The average Bonchev–Trinajstić information content (AvgIpc) is 1.41. The van der Waals surface area contributed by atoms with Crippen molar-refractivity contribution in [3.05, 3.63) is 7.43 Å². The van der Waals surface area contributed by atoms with Gasteiger partial charge in [-0.2, -0.15) is 0 Å². The molecule has 0 spiro atoms. The van der Waals surface area contributed by atoms with Gasteiger partial charge >= 0.3 is 66.5 Å². The maximum absolute atomic E-state index is 8.66. The van der Waals surface area contributed by atoms with E-state index in [1.807, 2.05) is 0 Å². The van der Waals surface area contributed by atoms with Gasteiger partial charge in [-0.25, -0.2) is 0 Å². The van der Waals surface area contributed by atoms with Crippen LogP contribution in [0.2, 0.25) is 0 Å². The molecule has 24 nitrogen and oxygen atoms in total. The molecule has 0 rings (SSSR count). The number of hydrogen-bond donors (Lipinski definition) is 3. The average molecular weight is 562 g/mol. The van der Waals surface area contributed by atoms with Crippen LogP contribution in [0.15, 0.2) is 0 Å². The van der Waals surface area contributed by atoms with Crippen LogP contribution in [0.4, 0.5) is 0 Å². The van der Waals surface area contributed by atoms with Crippen LogP contribution < -0.4 is 88.5 Å². The van der Waals surface area contributed by atoms with Gasteiger partial charge in [0.2, 0.25) is 0 Å². The Bertz CT molecular complexity index is 216. The Kier molecular flexibility index (Phi) is 367. The first-order valence-corrected chi connectivity index (χ1v) is 6.73. The minimum absolute atomic E-state index is 0. The smallest absolute Gasteiger partial charge is 0.790 e. The molecule has 0 aliphatic carbocycles. The van der Waals surface area contributed by atoms with Crippen molar-refractivity contribution in [2.45, 2.75) is 0 Å². The SMILES string of the molecule is O.O.O.O.O.O.O.O.O.O.O.O.O=P([O-])([O-])O.O=P([O-])([O-])O.O=P([O-])([O-])O.[C+4].[Na+].[Na+]. The van der Waals surface area contributed by atoms with Crippen LogP contribution in [0.25, 0.3) is 0 Å². The van der Waals surface area contributed by atoms with Crippen molar-refractivity contribution < 1.29 is 183 Å². The Morgan fingerprint density at radius 1 is 0.367 bits per heavy atom. The van der Waals surface area contributed by atoms with Gasteiger partial charge in [0.05, 0.1) is 23.5 Å². The van der Waals surface area contributed by atoms with Crippen molar-refractivity contribution in [1.29, 1.82) is 0 Å². The summed E-state index contributed by atoms with van der Waals surface area (Å²) in [5.74, 6) is 0. The Labute approximate surface area is 212 Å². The molecule has 0 aromatic rings. The van der Waals surface area contributed by atoms with Crippen LogP contribution in [-0.2, 0) is 13.7 Å². The number of hydrogen-bond acceptors (Lipinski definition) is 9. The second-order valence-electron chi connectivity index (χ2n) is 1.41. The van der Waals surface area contributed by atoms with Crippen LogP contribution in [-0.4, -0.2) is 80.4 Å². The Morgan fingerprint density at radius 3 is 0.367 bits per heavy atom. The van der Waals surface area contributed by atoms with Gasteiger partial charge in [0, 0.05) is 0 Å². The quantitative estimate of drug-likeness (QED) is 0.183. The van der Waals surface area contributed by atoms with Gasteiger partial charge in [-0.15, -0.1) is 0 Å². The van der Waals surface area contributed by atoms with Gasteiger partial charge in [0.25, 0.3) is 0 Å². The van der Waals surface area contributed by atoms with Crippen molar-refractivity contribution in [3.63, 3.8) is 0 Å². The van der Waals surface area contributed by atoms with E-state index in [4.69, 9.17) is 57.7 Å². The third-order valence-corrected chi connectivity index (χ3v) is 0. The Hall–Kier alpha value is 1.85. The van der Waals surface area contributed by atoms with E-state index in [0.29, 0.717) is 0 Å². The molecular weight excluding hydrogens is 535 g/mol. The molecule has 0 saturated carbocycles. The molecule has 0 aliphatic heterocycles. The van der Waals surface area contributed by atoms with Gasteiger partial charge in [0.15, 0.2) is 0 Å². The van der Waals surface area contributed by atoms with Gasteiger partial charge in [0.1, 0.15) is 0 Å². The molecule has 0 aromatic heterocycles. The largest absolute Gasteiger partial charge is 4.00 e. The fourth-order valence-corrected chi connectivity index (χ4v) is 0. The fourth-order valence-electron chi connectivity index (χ4n) is 0. The van der Waals surface area contributed by atoms with Crippen LogP contribution in [0.5, 0.6) is 0 Å². The molecule has 0 heterocycles. The summed E-state index contributed by atoms with van der Waals surface area (Å²) >= 11 is 0. The summed E-state index contributed by atoms with van der Waals surface area (Å²) in [6, 6.07) is 0. The zero-order valence-corrected chi connectivity index (χ0v) is 21.5. The van der Waals surface area contributed by atoms with E-state index in [0.717, 1.165) is 0 Å². The van der Waals surface area contributed by atoms with Crippen LogP contribution in [0, 0.1) is 7.43 Å². The summed E-state index contributed by atoms with van der Waals surface area (Å²) < 4.78 is 26.0. The predicted octanol–water partition coefficient (Wildman–Crippen LogP) is -22.4. The van der Waals surface area contributed by atoms with Crippen LogP contribution in [0.3, 0.4) is 0 Å². The summed E-state index contributed by atoms with van der Waals surface area (Å²) in [7, 11) is -15.4. The molecule has 0 radical (unpaired) electrons. The van der Waals surface area contributed by atoms with Crippen LogP contribution in [0.1, 0.15) is 0 Å². The summed E-state index contributed by atoms with van der Waals surface area (Å²) in [5, 5.41) is 0. The molecule has 0 unspecified atom stereocenters. The van der Waals surface area contributed by atoms with Gasteiger partial charge in [-0.05, 0) is 0 Å². The van der Waals surface area contributed by atoms with Gasteiger partial charge in [-0.3, -0.25) is 0 Å². The maximum Gasteiger partial charge on any atom is 4.00 e. The summed E-state index contributed by atoms with van der Waals surface area (Å²) in [5.41, 5.74) is 0. The number of rotatable bonds is 0. The molecule has 0 saturated heterocycles. The van der Waals surface area contributed by atoms with E-state index in [9.17, 15) is 0 Å². The van der Waals surface area contributed by atoms with Crippen molar-refractivity contribution in [3.8, 4) is 0 Å². The van der Waals surface area contributed by atoms with E-state index in [2.05, 4.69) is 0 Å². The molecule has 0 aromatic carbocycles. The van der Waals surface area contributed by atoms with Crippen molar-refractivity contribution in [1.82, 2.24) is 0 Å². The third-order valence-electron chi connectivity index (χ3n) is 0. The van der Waals surface area contributed by atoms with Crippen molar-refractivity contribution in [2.24, 2.45) is 0 Å². The summed E-state index contributed by atoms with van der Waals surface area (Å²) in [6.45, 7) is 0. The Morgan fingerprint density at radius 2 is 0.367 bits per heavy atom. The normalized spacial score (nSPS) is 5.90. The first-order chi connectivity index (χ1) is 6.00. The molecule has 27 N–H and O–H groups in total. The zero-order chi connectivity index (χ0) is 13.5. The predicted molar refractivity (Wildman–Crippen MR) is 76.1 cm³/mol. The molecule has 29 heteroatoms. The first-order valence-electron chi connectivity index (χ1n) is 2.24. The minimum Gasteiger partial charge on any atom is -0.790 e. The third kappa shape index (κ3) is 7260. The molecule has 30 heavy (non-hydrogen) atoms. The topological polar surface area (TPSA) is 628 Å². The molecular formula is CH27Na2O24P3.